The van der Waals surface area contributed by atoms with E-state index in [0.717, 1.165) is 15.4 Å². The topological polar surface area (TPSA) is 90.8 Å². The molecule has 36 heavy (non-hydrogen) atoms. The van der Waals surface area contributed by atoms with Crippen molar-refractivity contribution in [2.24, 2.45) is 0 Å². The van der Waals surface area contributed by atoms with Gasteiger partial charge in [0.1, 0.15) is 12.4 Å². The highest BCUT2D eigenvalue weighted by atomic mass is 35.5. The molecule has 0 aliphatic rings. The molecule has 0 aliphatic heterocycles. The molecule has 1 unspecified atom stereocenters. The van der Waals surface area contributed by atoms with Crippen LogP contribution in [-0.4, -0.2) is 46.5 Å². The highest BCUT2D eigenvalue weighted by Gasteiger charge is 2.39. The van der Waals surface area contributed by atoms with Crippen LogP contribution in [0.5, 0.6) is 0 Å². The third-order valence-electron chi connectivity index (χ3n) is 5.13. The Kier molecular flexibility index (Phi) is 6.96. The van der Waals surface area contributed by atoms with Crippen molar-refractivity contribution in [1.82, 2.24) is 29.1 Å². The molecule has 0 saturated heterocycles. The van der Waals surface area contributed by atoms with Crippen molar-refractivity contribution in [2.75, 3.05) is 0 Å². The predicted octanol–water partition coefficient (Wildman–Crippen LogP) is 4.09. The standard InChI is InChI=1S/C22H18ClF5N6O2/c1-12(24)19-29-18(30-34(19)16-4-2-3-15(25)9-16)11-33-21(36)32(10-17(35)22(26,27)28)20(31-33)13-5-7-14(23)8-6-13/h2-9,12,17,35H,10-11H2,1H3/t12?,17-/m0/s1. The fourth-order valence-electron chi connectivity index (χ4n) is 3.42. The maximum Gasteiger partial charge on any atom is 0.416 e. The molecule has 1 N–H and O–H groups in total. The van der Waals surface area contributed by atoms with Crippen molar-refractivity contribution in [1.29, 1.82) is 0 Å². The zero-order valence-electron chi connectivity index (χ0n) is 18.5. The van der Waals surface area contributed by atoms with Gasteiger partial charge in [0, 0.05) is 10.6 Å². The first-order valence-corrected chi connectivity index (χ1v) is 10.9. The van der Waals surface area contributed by atoms with Crippen molar-refractivity contribution in [3.63, 3.8) is 0 Å². The van der Waals surface area contributed by atoms with Gasteiger partial charge in [-0.2, -0.15) is 13.2 Å². The molecule has 14 heteroatoms. The summed E-state index contributed by atoms with van der Waals surface area (Å²) in [7, 11) is 0. The lowest BCUT2D eigenvalue weighted by Gasteiger charge is -2.15. The van der Waals surface area contributed by atoms with E-state index in [2.05, 4.69) is 15.2 Å². The van der Waals surface area contributed by atoms with Crippen LogP contribution in [0.1, 0.15) is 24.7 Å². The van der Waals surface area contributed by atoms with Gasteiger partial charge >= 0.3 is 11.9 Å². The molecule has 0 aliphatic carbocycles. The van der Waals surface area contributed by atoms with Crippen LogP contribution in [0.25, 0.3) is 17.1 Å². The normalized spacial score (nSPS) is 13.7. The highest BCUT2D eigenvalue weighted by Crippen LogP contribution is 2.24. The Balaban J connectivity index is 1.77. The smallest absolute Gasteiger partial charge is 0.382 e. The summed E-state index contributed by atoms with van der Waals surface area (Å²) in [5.74, 6) is -1.02. The average Bonchev–Trinajstić information content (AvgIpc) is 3.36. The Morgan fingerprint density at radius 3 is 2.42 bits per heavy atom. The second kappa shape index (κ2) is 9.82. The molecule has 2 heterocycles. The molecule has 4 aromatic rings. The fourth-order valence-corrected chi connectivity index (χ4v) is 3.55. The van der Waals surface area contributed by atoms with Crippen LogP contribution in [-0.2, 0) is 13.1 Å². The summed E-state index contributed by atoms with van der Waals surface area (Å²) in [4.78, 5) is 17.1. The molecule has 0 bridgehead atoms. The summed E-state index contributed by atoms with van der Waals surface area (Å²) in [6.45, 7) is -0.351. The molecular formula is C22H18ClF5N6O2. The second-order valence-electron chi connectivity index (χ2n) is 7.83. The minimum Gasteiger partial charge on any atom is -0.382 e. The van der Waals surface area contributed by atoms with Gasteiger partial charge in [-0.15, -0.1) is 10.2 Å². The Bertz CT molecular complexity index is 1430. The lowest BCUT2D eigenvalue weighted by atomic mass is 10.2. The third kappa shape index (κ3) is 5.31. The number of nitrogens with zero attached hydrogens (tertiary/aromatic N) is 6. The largest absolute Gasteiger partial charge is 0.416 e. The first-order valence-electron chi connectivity index (χ1n) is 10.5. The van der Waals surface area contributed by atoms with Crippen LogP contribution in [0, 0.1) is 5.82 Å². The van der Waals surface area contributed by atoms with Crippen LogP contribution in [0.15, 0.2) is 53.3 Å². The maximum absolute atomic E-state index is 14.2. The number of aliphatic hydroxyl groups is 1. The van der Waals surface area contributed by atoms with Gasteiger partial charge in [-0.1, -0.05) is 17.7 Å². The van der Waals surface area contributed by atoms with Gasteiger partial charge in [0.05, 0.1) is 12.2 Å². The summed E-state index contributed by atoms with van der Waals surface area (Å²) in [6.07, 6.45) is -9.42. The van der Waals surface area contributed by atoms with E-state index in [4.69, 9.17) is 11.6 Å². The van der Waals surface area contributed by atoms with Crippen molar-refractivity contribution in [2.45, 2.75) is 38.5 Å². The molecule has 0 fully saturated rings. The predicted molar refractivity (Wildman–Crippen MR) is 119 cm³/mol. The number of hydrogen-bond donors (Lipinski definition) is 1. The van der Waals surface area contributed by atoms with Crippen molar-refractivity contribution in [3.8, 4) is 17.1 Å². The molecule has 0 amide bonds. The van der Waals surface area contributed by atoms with Gasteiger partial charge in [0.15, 0.2) is 29.7 Å². The number of rotatable bonds is 7. The quantitative estimate of drug-likeness (QED) is 0.365. The van der Waals surface area contributed by atoms with E-state index in [-0.39, 0.29) is 28.7 Å². The molecule has 0 spiro atoms. The second-order valence-corrected chi connectivity index (χ2v) is 8.27. The molecule has 2 atom stereocenters. The minimum atomic E-state index is -4.98. The molecule has 2 aromatic carbocycles. The van der Waals surface area contributed by atoms with Crippen LogP contribution in [0.2, 0.25) is 5.02 Å². The van der Waals surface area contributed by atoms with Gasteiger partial charge in [-0.25, -0.2) is 27.9 Å². The van der Waals surface area contributed by atoms with Gasteiger partial charge in [0.2, 0.25) is 0 Å². The Morgan fingerprint density at radius 1 is 1.11 bits per heavy atom. The molecule has 190 valence electrons. The Morgan fingerprint density at radius 2 is 1.81 bits per heavy atom. The van der Waals surface area contributed by atoms with Gasteiger partial charge in [0.25, 0.3) is 0 Å². The van der Waals surface area contributed by atoms with Crippen LogP contribution in [0.3, 0.4) is 0 Å². The van der Waals surface area contributed by atoms with Crippen molar-refractivity contribution < 1.29 is 27.1 Å². The molecule has 0 saturated carbocycles. The number of halogens is 6. The molecular weight excluding hydrogens is 511 g/mol. The van der Waals surface area contributed by atoms with E-state index < -0.39 is 43.0 Å². The summed E-state index contributed by atoms with van der Waals surface area (Å²) in [5.41, 5.74) is -0.539. The van der Waals surface area contributed by atoms with Crippen molar-refractivity contribution in [3.05, 3.63) is 81.5 Å². The molecule has 4 rings (SSSR count). The minimum absolute atomic E-state index is 0.0930. The Hall–Kier alpha value is -3.58. The van der Waals surface area contributed by atoms with E-state index in [1.807, 2.05) is 0 Å². The Labute approximate surface area is 205 Å². The highest BCUT2D eigenvalue weighted by molar-refractivity contribution is 6.30. The third-order valence-corrected chi connectivity index (χ3v) is 5.39. The summed E-state index contributed by atoms with van der Waals surface area (Å²) < 4.78 is 69.5. The molecule has 2 aromatic heterocycles. The monoisotopic (exact) mass is 528 g/mol. The lowest BCUT2D eigenvalue weighted by molar-refractivity contribution is -0.207. The summed E-state index contributed by atoms with van der Waals surface area (Å²) in [6, 6.07) is 11.0. The summed E-state index contributed by atoms with van der Waals surface area (Å²) in [5, 5.41) is 18.2. The molecule has 8 nitrogen and oxygen atoms in total. The zero-order valence-corrected chi connectivity index (χ0v) is 19.3. The number of alkyl halides is 4. The average molecular weight is 529 g/mol. The number of benzene rings is 2. The van der Waals surface area contributed by atoms with Crippen molar-refractivity contribution >= 4 is 11.6 Å². The number of aromatic nitrogens is 6. The maximum atomic E-state index is 14.2. The van der Waals surface area contributed by atoms with Gasteiger partial charge < -0.3 is 5.11 Å². The zero-order chi connectivity index (χ0) is 26.2. The fraction of sp³-hybridized carbons (Fsp3) is 0.273. The van der Waals surface area contributed by atoms with Gasteiger partial charge in [-0.05, 0) is 49.4 Å². The lowest BCUT2D eigenvalue weighted by Crippen LogP contribution is -2.37. The van der Waals surface area contributed by atoms with E-state index >= 15 is 0 Å². The summed E-state index contributed by atoms with van der Waals surface area (Å²) >= 11 is 5.87. The van der Waals surface area contributed by atoms with Crippen LogP contribution >= 0.6 is 11.6 Å². The first-order chi connectivity index (χ1) is 16.9. The van der Waals surface area contributed by atoms with Gasteiger partial charge in [-0.3, -0.25) is 4.57 Å². The molecule has 0 radical (unpaired) electrons. The van der Waals surface area contributed by atoms with E-state index in [1.54, 1.807) is 0 Å². The van der Waals surface area contributed by atoms with E-state index in [9.17, 15) is 31.9 Å². The SMILES string of the molecule is CC(F)c1nc(Cn2nc(-c3ccc(Cl)cc3)n(C[C@H](O)C(F)(F)F)c2=O)nn1-c1cccc(F)c1. The number of aliphatic hydroxyl groups excluding tert-OH is 1. The van der Waals surface area contributed by atoms with Crippen LogP contribution < -0.4 is 5.69 Å². The first kappa shape index (κ1) is 25.5. The van der Waals surface area contributed by atoms with E-state index in [1.165, 1.54) is 49.4 Å². The number of hydrogen-bond acceptors (Lipinski definition) is 5. The van der Waals surface area contributed by atoms with Crippen LogP contribution in [0.4, 0.5) is 22.0 Å². The van der Waals surface area contributed by atoms with E-state index in [0.29, 0.717) is 9.59 Å².